The van der Waals surface area contributed by atoms with Crippen molar-refractivity contribution < 1.29 is 9.47 Å². The van der Waals surface area contributed by atoms with Crippen molar-refractivity contribution in [3.63, 3.8) is 0 Å². The molecule has 118 valence electrons. The molecule has 0 amide bonds. The van der Waals surface area contributed by atoms with Crippen LogP contribution in [0.1, 0.15) is 11.1 Å². The van der Waals surface area contributed by atoms with Crippen LogP contribution in [0.2, 0.25) is 0 Å². The molecule has 0 atom stereocenters. The van der Waals surface area contributed by atoms with Crippen LogP contribution in [0.25, 0.3) is 21.8 Å². The summed E-state index contributed by atoms with van der Waals surface area (Å²) in [5.41, 5.74) is 2.27. The lowest BCUT2D eigenvalue weighted by Gasteiger charge is -2.02. The Bertz CT molecular complexity index is 760. The van der Waals surface area contributed by atoms with Crippen LogP contribution in [0.3, 0.4) is 0 Å². The molecule has 0 N–H and O–H groups in total. The summed E-state index contributed by atoms with van der Waals surface area (Å²) in [4.78, 5) is 7.00. The van der Waals surface area contributed by atoms with Gasteiger partial charge in [0.15, 0.2) is 11.4 Å². The first-order chi connectivity index (χ1) is 11.7. The third-order valence-electron chi connectivity index (χ3n) is 3.34. The van der Waals surface area contributed by atoms with Gasteiger partial charge in [0.05, 0.1) is 27.4 Å². The molecule has 0 aliphatic rings. The Morgan fingerprint density at radius 2 is 1.04 bits per heavy atom. The van der Waals surface area contributed by atoms with E-state index in [1.54, 1.807) is 26.4 Å². The van der Waals surface area contributed by atoms with E-state index in [0.717, 1.165) is 22.6 Å². The Kier molecular flexibility index (Phi) is 5.77. The fraction of sp³-hybridized carbons (Fsp3) is 0.100. The lowest BCUT2D eigenvalue weighted by molar-refractivity contribution is 0.414. The van der Waals surface area contributed by atoms with E-state index in [-0.39, 0.29) is 0 Å². The van der Waals surface area contributed by atoms with Gasteiger partial charge in [0.2, 0.25) is 0 Å². The predicted molar refractivity (Wildman–Crippen MR) is 95.1 cm³/mol. The van der Waals surface area contributed by atoms with Gasteiger partial charge < -0.3 is 9.47 Å². The molecule has 0 fully saturated rings. The number of ether oxygens (including phenoxy) is 2. The predicted octanol–water partition coefficient (Wildman–Crippen LogP) is 4.92. The first-order valence-corrected chi connectivity index (χ1v) is 7.17. The number of benzene rings is 2. The molecular formula is C20H16N2O2. The molecule has 0 bridgehead atoms. The van der Waals surface area contributed by atoms with Gasteiger partial charge in [0, 0.05) is 0 Å². The number of hydrogen-bond acceptors (Lipinski definition) is 2. The van der Waals surface area contributed by atoms with Crippen LogP contribution in [0, 0.1) is 13.1 Å². The Hall–Kier alpha value is -3.50. The zero-order valence-corrected chi connectivity index (χ0v) is 13.5. The molecule has 4 nitrogen and oxygen atoms in total. The molecule has 0 spiro atoms. The van der Waals surface area contributed by atoms with Crippen LogP contribution in [0.5, 0.6) is 11.5 Å². The molecule has 0 radical (unpaired) electrons. The second-order valence-electron chi connectivity index (χ2n) is 4.83. The van der Waals surface area contributed by atoms with E-state index in [4.69, 9.17) is 22.6 Å². The second kappa shape index (κ2) is 8.22. The Morgan fingerprint density at radius 3 is 1.29 bits per heavy atom. The van der Waals surface area contributed by atoms with Crippen molar-refractivity contribution in [2.45, 2.75) is 0 Å². The number of nitrogens with zero attached hydrogens (tertiary/aromatic N) is 2. The second-order valence-corrected chi connectivity index (χ2v) is 4.83. The van der Waals surface area contributed by atoms with Crippen molar-refractivity contribution in [2.75, 3.05) is 14.2 Å². The summed E-state index contributed by atoms with van der Waals surface area (Å²) in [6.07, 6.45) is 3.39. The van der Waals surface area contributed by atoms with Gasteiger partial charge in [-0.2, -0.15) is 0 Å². The summed E-state index contributed by atoms with van der Waals surface area (Å²) in [7, 11) is 3.20. The minimum Gasteiger partial charge on any atom is -0.497 e. The van der Waals surface area contributed by atoms with Crippen LogP contribution in [-0.2, 0) is 0 Å². The third-order valence-corrected chi connectivity index (χ3v) is 3.34. The van der Waals surface area contributed by atoms with Gasteiger partial charge in [-0.1, -0.05) is 36.4 Å². The number of hydrogen-bond donors (Lipinski definition) is 0. The van der Waals surface area contributed by atoms with Gasteiger partial charge in [-0.05, 0) is 35.4 Å². The van der Waals surface area contributed by atoms with E-state index in [9.17, 15) is 0 Å². The van der Waals surface area contributed by atoms with Crippen molar-refractivity contribution >= 4 is 12.2 Å². The average Bonchev–Trinajstić information content (AvgIpc) is 2.65. The maximum absolute atomic E-state index is 7.38. The normalized spacial score (nSPS) is 11.3. The molecule has 2 aromatic carbocycles. The zero-order valence-electron chi connectivity index (χ0n) is 13.5. The van der Waals surface area contributed by atoms with Crippen molar-refractivity contribution in [2.24, 2.45) is 0 Å². The first-order valence-electron chi connectivity index (χ1n) is 7.17. The molecule has 0 aliphatic carbocycles. The summed E-state index contributed by atoms with van der Waals surface area (Å²) in [5.74, 6) is 1.49. The molecule has 4 heteroatoms. The molecule has 0 unspecified atom stereocenters. The largest absolute Gasteiger partial charge is 0.497 e. The molecule has 0 saturated carbocycles. The molecule has 24 heavy (non-hydrogen) atoms. The molecule has 0 aromatic heterocycles. The highest BCUT2D eigenvalue weighted by Crippen LogP contribution is 2.22. The fourth-order valence-corrected chi connectivity index (χ4v) is 2.04. The highest BCUT2D eigenvalue weighted by atomic mass is 16.5. The average molecular weight is 316 g/mol. The standard InChI is InChI=1S/C20H16N2O2/c1-21-19(13-15-5-9-17(23-3)10-6-15)20(22-2)14-16-7-11-18(24-4)12-8-16/h5-14H,3-4H3/b19-13-,20-14?. The van der Waals surface area contributed by atoms with Gasteiger partial charge in [-0.15, -0.1) is 0 Å². The van der Waals surface area contributed by atoms with E-state index in [1.165, 1.54) is 0 Å². The summed E-state index contributed by atoms with van der Waals surface area (Å²) in [5, 5.41) is 0. The summed E-state index contributed by atoms with van der Waals surface area (Å²) in [6.45, 7) is 14.8. The minimum atomic E-state index is 0.297. The van der Waals surface area contributed by atoms with Crippen molar-refractivity contribution in [1.29, 1.82) is 0 Å². The molecule has 0 aliphatic heterocycles. The number of methoxy groups -OCH3 is 2. The molecule has 2 aromatic rings. The van der Waals surface area contributed by atoms with E-state index in [2.05, 4.69) is 9.69 Å². The monoisotopic (exact) mass is 316 g/mol. The fourth-order valence-electron chi connectivity index (χ4n) is 2.04. The summed E-state index contributed by atoms with van der Waals surface area (Å²) in [6, 6.07) is 14.7. The maximum Gasteiger partial charge on any atom is 0.195 e. The lowest BCUT2D eigenvalue weighted by atomic mass is 10.1. The van der Waals surface area contributed by atoms with Gasteiger partial charge in [0.1, 0.15) is 11.5 Å². The highest BCUT2D eigenvalue weighted by molar-refractivity contribution is 5.69. The summed E-state index contributed by atoms with van der Waals surface area (Å²) < 4.78 is 10.2. The van der Waals surface area contributed by atoms with Gasteiger partial charge >= 0.3 is 0 Å². The third kappa shape index (κ3) is 4.25. The van der Waals surface area contributed by atoms with E-state index >= 15 is 0 Å². The smallest absolute Gasteiger partial charge is 0.195 e. The molecule has 2 rings (SSSR count). The number of rotatable bonds is 5. The van der Waals surface area contributed by atoms with Gasteiger partial charge in [-0.25, -0.2) is 0 Å². The Balaban J connectivity index is 2.34. The van der Waals surface area contributed by atoms with E-state index < -0.39 is 0 Å². The summed E-state index contributed by atoms with van der Waals surface area (Å²) >= 11 is 0. The minimum absolute atomic E-state index is 0.297. The SMILES string of the molecule is [C-]#[N+]C(=Cc1ccc(OC)cc1)/C(=C/c1ccc(OC)cc1)[N+]#[C-]. The van der Waals surface area contributed by atoms with E-state index in [0.29, 0.717) is 11.4 Å². The first kappa shape index (κ1) is 16.9. The molecule has 0 heterocycles. The topological polar surface area (TPSA) is 27.2 Å². The van der Waals surface area contributed by atoms with Crippen LogP contribution < -0.4 is 9.47 Å². The van der Waals surface area contributed by atoms with Crippen LogP contribution in [0.15, 0.2) is 59.9 Å². The Labute approximate surface area is 141 Å². The quantitative estimate of drug-likeness (QED) is 0.578. The van der Waals surface area contributed by atoms with Gasteiger partial charge in [0.25, 0.3) is 0 Å². The van der Waals surface area contributed by atoms with Crippen molar-refractivity contribution in [1.82, 2.24) is 0 Å². The lowest BCUT2D eigenvalue weighted by Crippen LogP contribution is -1.85. The maximum atomic E-state index is 7.38. The van der Waals surface area contributed by atoms with Crippen LogP contribution in [0.4, 0.5) is 0 Å². The van der Waals surface area contributed by atoms with E-state index in [1.807, 2.05) is 48.5 Å². The van der Waals surface area contributed by atoms with Crippen molar-refractivity contribution in [3.8, 4) is 11.5 Å². The van der Waals surface area contributed by atoms with Gasteiger partial charge in [-0.3, -0.25) is 9.69 Å². The molecule has 0 saturated heterocycles. The Morgan fingerprint density at radius 1 is 0.708 bits per heavy atom. The molecular weight excluding hydrogens is 300 g/mol. The van der Waals surface area contributed by atoms with Crippen LogP contribution >= 0.6 is 0 Å². The van der Waals surface area contributed by atoms with Crippen LogP contribution in [-0.4, -0.2) is 14.2 Å². The van der Waals surface area contributed by atoms with Crippen molar-refractivity contribution in [3.05, 3.63) is 93.9 Å². The zero-order chi connectivity index (χ0) is 17.4. The highest BCUT2D eigenvalue weighted by Gasteiger charge is 2.06.